The number of amides is 8. The molecule has 1 saturated heterocycles. The largest absolute Gasteiger partial charge is 0.488 e. The van der Waals surface area contributed by atoms with Gasteiger partial charge < -0.3 is 56.4 Å². The lowest BCUT2D eigenvalue weighted by molar-refractivity contribution is -0.158. The number of nitrogens with one attached hydrogen (secondary N) is 7. The maximum Gasteiger partial charge on any atom is 0.329 e. The Hall–Kier alpha value is -8.42. The molecule has 0 bridgehead atoms. The highest BCUT2D eigenvalue weighted by molar-refractivity contribution is 5.98. The molecule has 7 N–H and O–H groups in total. The van der Waals surface area contributed by atoms with E-state index in [1.807, 2.05) is 119 Å². The Morgan fingerprint density at radius 2 is 1.17 bits per heavy atom. The molecule has 482 valence electrons. The van der Waals surface area contributed by atoms with Crippen LogP contribution in [0, 0.1) is 23.7 Å². The van der Waals surface area contributed by atoms with Crippen LogP contribution in [0.2, 0.25) is 0 Å². The van der Waals surface area contributed by atoms with E-state index in [9.17, 15) is 33.6 Å². The van der Waals surface area contributed by atoms with E-state index in [4.69, 9.17) is 9.47 Å². The maximum absolute atomic E-state index is 15.1. The molecular weight excluding hydrogens is 1130 g/mol. The van der Waals surface area contributed by atoms with Gasteiger partial charge in [-0.15, -0.1) is 0 Å². The fourth-order valence-corrected chi connectivity index (χ4v) is 10.6. The van der Waals surface area contributed by atoms with Crippen molar-refractivity contribution in [2.24, 2.45) is 23.7 Å². The molecule has 5 rings (SSSR count). The van der Waals surface area contributed by atoms with Crippen molar-refractivity contribution in [2.75, 3.05) is 7.05 Å². The van der Waals surface area contributed by atoms with Crippen molar-refractivity contribution in [1.82, 2.24) is 42.1 Å². The van der Waals surface area contributed by atoms with E-state index in [2.05, 4.69) is 37.2 Å². The molecule has 1 aliphatic heterocycles. The zero-order valence-electron chi connectivity index (χ0n) is 54.0. The van der Waals surface area contributed by atoms with Crippen molar-refractivity contribution in [1.29, 1.82) is 0 Å². The summed E-state index contributed by atoms with van der Waals surface area (Å²) in [5, 5.41) is 19.8. The Morgan fingerprint density at radius 1 is 0.663 bits per heavy atom. The van der Waals surface area contributed by atoms with Gasteiger partial charge in [0.1, 0.15) is 71.6 Å². The topological polar surface area (TPSA) is 277 Å². The second-order valence-electron chi connectivity index (χ2n) is 25.0. The highest BCUT2D eigenvalue weighted by Crippen LogP contribution is 2.37. The number of aldehydes is 1. The van der Waals surface area contributed by atoms with Crippen LogP contribution in [0.25, 0.3) is 0 Å². The zero-order valence-corrected chi connectivity index (χ0v) is 54.0. The van der Waals surface area contributed by atoms with E-state index in [0.29, 0.717) is 30.4 Å². The summed E-state index contributed by atoms with van der Waals surface area (Å²) in [5.41, 5.74) is 1.11. The Bertz CT molecular complexity index is 2930. The average Bonchev–Trinajstić information content (AvgIpc) is 0.936. The van der Waals surface area contributed by atoms with Gasteiger partial charge in [0.05, 0.1) is 0 Å². The van der Waals surface area contributed by atoms with Crippen LogP contribution in [-0.2, 0) is 64.6 Å². The van der Waals surface area contributed by atoms with E-state index in [1.165, 1.54) is 18.9 Å². The molecule has 89 heavy (non-hydrogen) atoms. The molecule has 20 heteroatoms. The molecule has 1 fully saturated rings. The van der Waals surface area contributed by atoms with Crippen LogP contribution in [0.1, 0.15) is 150 Å². The number of esters is 1. The molecule has 1 heterocycles. The van der Waals surface area contributed by atoms with E-state index in [1.54, 1.807) is 72.7 Å². The molecule has 8 amide bonds. The molecule has 0 saturated carbocycles. The first-order chi connectivity index (χ1) is 42.1. The fourth-order valence-electron chi connectivity index (χ4n) is 10.6. The SMILES string of the molecule is CC[C@H](C)[C@@H]1NC(=O)[C@H](Cc2ccc(OC(C)(C)C)cc2)N(C)C(=O)[C@H]([C@@H](C)CC)NC(=O)[C@H](CCC=O)NC(=O)[C@H](CC(C)C)NC(=O)[C@@H](NC(=O)[C@H](CCC(=O)NC(c2ccccc2)(c2ccccc2)c2ccccc2)NC(=O)C(C)C)[C@@H](C)OC1=O. The number of benzene rings is 4. The first-order valence-corrected chi connectivity index (χ1v) is 31.1. The van der Waals surface area contributed by atoms with Crippen molar-refractivity contribution in [2.45, 2.75) is 194 Å². The predicted molar refractivity (Wildman–Crippen MR) is 339 cm³/mol. The summed E-state index contributed by atoms with van der Waals surface area (Å²) in [6.45, 7) is 21.0. The summed E-state index contributed by atoms with van der Waals surface area (Å²) in [7, 11) is 1.43. The molecule has 1 aliphatic rings. The molecule has 20 nitrogen and oxygen atoms in total. The van der Waals surface area contributed by atoms with E-state index in [-0.39, 0.29) is 44.4 Å². The van der Waals surface area contributed by atoms with E-state index >= 15 is 14.4 Å². The Balaban J connectivity index is 1.60. The number of rotatable bonds is 23. The lowest BCUT2D eigenvalue weighted by atomic mass is 9.77. The van der Waals surface area contributed by atoms with Gasteiger partial charge in [0.15, 0.2) is 0 Å². The molecule has 10 atom stereocenters. The van der Waals surface area contributed by atoms with Crippen molar-refractivity contribution in [3.05, 3.63) is 138 Å². The summed E-state index contributed by atoms with van der Waals surface area (Å²) in [5.74, 6) is -8.55. The number of cyclic esters (lactones) is 1. The first-order valence-electron chi connectivity index (χ1n) is 31.1. The Morgan fingerprint density at radius 3 is 1.66 bits per heavy atom. The molecular formula is C69H94N8O12. The quantitative estimate of drug-likeness (QED) is 0.0231. The van der Waals surface area contributed by atoms with Crippen molar-refractivity contribution in [3.63, 3.8) is 0 Å². The van der Waals surface area contributed by atoms with Crippen LogP contribution in [0.5, 0.6) is 5.75 Å². The second-order valence-corrected chi connectivity index (χ2v) is 25.0. The van der Waals surface area contributed by atoms with Gasteiger partial charge in [-0.05, 0) is 99.1 Å². The summed E-state index contributed by atoms with van der Waals surface area (Å²) in [6, 6.07) is 25.1. The third-order valence-corrected chi connectivity index (χ3v) is 16.1. The van der Waals surface area contributed by atoms with E-state index in [0.717, 1.165) is 16.7 Å². The van der Waals surface area contributed by atoms with Gasteiger partial charge >= 0.3 is 5.97 Å². The van der Waals surface area contributed by atoms with Crippen LogP contribution >= 0.6 is 0 Å². The van der Waals surface area contributed by atoms with Gasteiger partial charge in [0, 0.05) is 32.2 Å². The lowest BCUT2D eigenvalue weighted by Crippen LogP contribution is -2.62. The normalized spacial score (nSPS) is 21.2. The standard InChI is InChI=1S/C69H94N8O12/c1-14-44(7)57-66(86)77(13)55(41-47-33-35-51(36-34-47)89-68(10,11)12)64(84)74-58(45(8)15-2)67(87)88-46(9)59(65(85)72-54(40-42(3)4)63(83)71-52(32-25-39-78)61(81)73-57)75-62(82)53(70-60(80)43(5)6)37-38-56(79)76-69(48-26-19-16-20-27-48,49-28-21-17-22-29-49)50-30-23-18-24-31-50/h16-24,26-31,33-36,39,42-46,52-55,57-59H,14-15,25,32,37-38,40-41H2,1-13H3,(H,70,80)(H,71,83)(H,72,85)(H,73,81)(H,74,84)(H,75,82)(H,76,79)/t44-,45-,46+,52-,53-,54-,55-,57-,58-,59-/m0/s1. The molecule has 0 radical (unpaired) electrons. The molecule has 0 unspecified atom stereocenters. The van der Waals surface area contributed by atoms with Crippen molar-refractivity contribution >= 4 is 59.5 Å². The molecule has 0 spiro atoms. The van der Waals surface area contributed by atoms with Crippen LogP contribution < -0.4 is 42.0 Å². The third-order valence-electron chi connectivity index (χ3n) is 16.1. The van der Waals surface area contributed by atoms with Crippen LogP contribution in [0.3, 0.4) is 0 Å². The molecule has 0 aliphatic carbocycles. The average molecular weight is 1230 g/mol. The number of hydrogen-bond donors (Lipinski definition) is 7. The minimum atomic E-state index is -1.81. The first kappa shape index (κ1) is 71.3. The molecule has 4 aromatic rings. The Kier molecular flexibility index (Phi) is 26.6. The van der Waals surface area contributed by atoms with Crippen LogP contribution in [-0.4, -0.2) is 125 Å². The third kappa shape index (κ3) is 20.0. The number of carbonyl (C=O) groups is 10. The van der Waals surface area contributed by atoms with Gasteiger partial charge in [0.2, 0.25) is 47.3 Å². The van der Waals surface area contributed by atoms with Crippen molar-refractivity contribution < 1.29 is 57.4 Å². The van der Waals surface area contributed by atoms with Crippen LogP contribution in [0.15, 0.2) is 115 Å². The second kappa shape index (κ2) is 33.2. The van der Waals surface area contributed by atoms with Gasteiger partial charge in [-0.2, -0.15) is 0 Å². The number of hydrogen-bond acceptors (Lipinski definition) is 12. The van der Waals surface area contributed by atoms with Gasteiger partial charge in [-0.1, -0.05) is 171 Å². The van der Waals surface area contributed by atoms with Gasteiger partial charge in [0.25, 0.3) is 0 Å². The summed E-state index contributed by atoms with van der Waals surface area (Å²) in [6.07, 6.45) is -1.34. The fraction of sp³-hybridized carbons (Fsp3) is 0.507. The Labute approximate surface area is 524 Å². The summed E-state index contributed by atoms with van der Waals surface area (Å²) >= 11 is 0. The molecule has 0 aromatic heterocycles. The number of ether oxygens (including phenoxy) is 2. The summed E-state index contributed by atoms with van der Waals surface area (Å²) < 4.78 is 12.2. The number of carbonyl (C=O) groups excluding carboxylic acids is 10. The number of likely N-dealkylation sites (N-methyl/N-ethyl adjacent to an activating group) is 1. The lowest BCUT2D eigenvalue weighted by Gasteiger charge is -2.37. The smallest absolute Gasteiger partial charge is 0.329 e. The van der Waals surface area contributed by atoms with Crippen LogP contribution in [0.4, 0.5) is 0 Å². The minimum absolute atomic E-state index is 0.0122. The highest BCUT2D eigenvalue weighted by atomic mass is 16.5. The maximum atomic E-state index is 15.1. The monoisotopic (exact) mass is 1230 g/mol. The van der Waals surface area contributed by atoms with Gasteiger partial charge in [-0.25, -0.2) is 4.79 Å². The minimum Gasteiger partial charge on any atom is -0.488 e. The van der Waals surface area contributed by atoms with Crippen molar-refractivity contribution in [3.8, 4) is 5.75 Å². The summed E-state index contributed by atoms with van der Waals surface area (Å²) in [4.78, 5) is 146. The highest BCUT2D eigenvalue weighted by Gasteiger charge is 2.43. The van der Waals surface area contributed by atoms with E-state index < -0.39 is 131 Å². The zero-order chi connectivity index (χ0) is 65.8. The molecule has 4 aromatic carbocycles. The predicted octanol–water partition coefficient (Wildman–Crippen LogP) is 6.75. The van der Waals surface area contributed by atoms with Gasteiger partial charge in [-0.3, -0.25) is 38.4 Å². The number of nitrogens with zero attached hydrogens (tertiary/aromatic N) is 1.